The van der Waals surface area contributed by atoms with E-state index in [-0.39, 0.29) is 37.5 Å². The molecule has 0 aliphatic rings. The third-order valence-corrected chi connectivity index (χ3v) is 11.4. The summed E-state index contributed by atoms with van der Waals surface area (Å²) >= 11 is 4.77. The highest BCUT2D eigenvalue weighted by Crippen LogP contribution is 2.32. The van der Waals surface area contributed by atoms with Crippen molar-refractivity contribution in [2.45, 2.75) is 44.1 Å². The Kier molecular flexibility index (Phi) is 17.3. The standard InChI is InChI=1S/C37H46O7S3/c1-28(22-45-24-30-13-7-4-8-14-30)34(38)43-20-19-42-21-33(37(3,36(40)41)27-47-26-32-17-11-6-12-18-32)44-35(39)29(2)23-46-25-31-15-9-5-10-16-31/h4-18,28-29,33H,19-27H2,1-3H3,(H,40,41). The normalized spacial score (nSPS) is 14.4. The van der Waals surface area contributed by atoms with Gasteiger partial charge in [0, 0.05) is 34.5 Å². The fourth-order valence-corrected chi connectivity index (χ4v) is 7.71. The molecule has 3 aromatic carbocycles. The average Bonchev–Trinajstić information content (AvgIpc) is 3.08. The highest BCUT2D eigenvalue weighted by atomic mass is 32.2. The number of carboxylic acid groups (broad SMARTS) is 1. The van der Waals surface area contributed by atoms with Crippen LogP contribution in [-0.2, 0) is 45.9 Å². The van der Waals surface area contributed by atoms with Crippen LogP contribution >= 0.6 is 35.3 Å². The summed E-state index contributed by atoms with van der Waals surface area (Å²) in [6, 6.07) is 29.9. The van der Waals surface area contributed by atoms with Crippen molar-refractivity contribution in [2.75, 3.05) is 37.1 Å². The maximum Gasteiger partial charge on any atom is 0.314 e. The van der Waals surface area contributed by atoms with Gasteiger partial charge in [-0.25, -0.2) is 0 Å². The van der Waals surface area contributed by atoms with Gasteiger partial charge >= 0.3 is 17.9 Å². The number of carbonyl (C=O) groups is 3. The van der Waals surface area contributed by atoms with E-state index in [2.05, 4.69) is 12.1 Å². The lowest BCUT2D eigenvalue weighted by Gasteiger charge is -2.33. The fraction of sp³-hybridized carbons (Fsp3) is 0.432. The molecule has 3 aromatic rings. The molecule has 0 saturated carbocycles. The monoisotopic (exact) mass is 698 g/mol. The minimum Gasteiger partial charge on any atom is -0.481 e. The van der Waals surface area contributed by atoms with Crippen molar-refractivity contribution in [2.24, 2.45) is 17.3 Å². The van der Waals surface area contributed by atoms with Crippen LogP contribution in [0.3, 0.4) is 0 Å². The molecule has 254 valence electrons. The molecule has 7 nitrogen and oxygen atoms in total. The first-order chi connectivity index (χ1) is 22.7. The molecule has 0 aliphatic carbocycles. The Balaban J connectivity index is 1.52. The molecule has 47 heavy (non-hydrogen) atoms. The quantitative estimate of drug-likeness (QED) is 0.0834. The first-order valence-electron chi connectivity index (χ1n) is 15.7. The van der Waals surface area contributed by atoms with Crippen molar-refractivity contribution in [3.63, 3.8) is 0 Å². The molecule has 0 saturated heterocycles. The number of hydrogen-bond acceptors (Lipinski definition) is 9. The van der Waals surface area contributed by atoms with Gasteiger partial charge in [0.25, 0.3) is 0 Å². The van der Waals surface area contributed by atoms with Crippen molar-refractivity contribution in [3.8, 4) is 0 Å². The van der Waals surface area contributed by atoms with E-state index >= 15 is 0 Å². The molecule has 0 aromatic heterocycles. The van der Waals surface area contributed by atoms with Gasteiger partial charge in [-0.3, -0.25) is 14.4 Å². The zero-order chi connectivity index (χ0) is 33.9. The number of aliphatic carboxylic acids is 1. The van der Waals surface area contributed by atoms with Gasteiger partial charge in [0.15, 0.2) is 0 Å². The lowest BCUT2D eigenvalue weighted by molar-refractivity contribution is -0.173. The molecule has 0 bridgehead atoms. The number of carbonyl (C=O) groups excluding carboxylic acids is 2. The Morgan fingerprint density at radius 2 is 1.13 bits per heavy atom. The van der Waals surface area contributed by atoms with Crippen LogP contribution in [0, 0.1) is 17.3 Å². The van der Waals surface area contributed by atoms with Crippen LogP contribution in [0.15, 0.2) is 91.0 Å². The Morgan fingerprint density at radius 1 is 0.681 bits per heavy atom. The largest absolute Gasteiger partial charge is 0.481 e. The summed E-state index contributed by atoms with van der Waals surface area (Å²) in [4.78, 5) is 38.4. The molecule has 0 fully saturated rings. The summed E-state index contributed by atoms with van der Waals surface area (Å²) in [7, 11) is 0. The topological polar surface area (TPSA) is 99.1 Å². The number of ether oxygens (including phenoxy) is 3. The zero-order valence-electron chi connectivity index (χ0n) is 27.4. The van der Waals surface area contributed by atoms with Crippen molar-refractivity contribution in [1.29, 1.82) is 0 Å². The fourth-order valence-electron chi connectivity index (χ4n) is 4.38. The summed E-state index contributed by atoms with van der Waals surface area (Å²) in [6.07, 6.45) is -1.04. The maximum atomic E-state index is 13.2. The number of rotatable bonds is 22. The summed E-state index contributed by atoms with van der Waals surface area (Å²) in [5.74, 6) is 1.00. The van der Waals surface area contributed by atoms with Crippen molar-refractivity contribution >= 4 is 53.2 Å². The maximum absolute atomic E-state index is 13.2. The molecule has 10 heteroatoms. The van der Waals surface area contributed by atoms with E-state index in [4.69, 9.17) is 14.2 Å². The van der Waals surface area contributed by atoms with Gasteiger partial charge in [-0.2, -0.15) is 35.3 Å². The van der Waals surface area contributed by atoms with E-state index in [1.807, 2.05) is 85.8 Å². The molecule has 4 atom stereocenters. The molecule has 3 rings (SSSR count). The van der Waals surface area contributed by atoms with Gasteiger partial charge in [-0.15, -0.1) is 0 Å². The SMILES string of the molecule is CC(CSCc1ccccc1)C(=O)OCCOCC(OC(=O)C(C)CSCc1ccccc1)C(C)(CSCc1ccccc1)C(=O)O. The Bertz CT molecular complexity index is 1340. The first-order valence-corrected chi connectivity index (χ1v) is 19.2. The minimum absolute atomic E-state index is 0.0201. The third-order valence-electron chi connectivity index (χ3n) is 7.48. The van der Waals surface area contributed by atoms with Crippen molar-refractivity contribution in [3.05, 3.63) is 108 Å². The lowest BCUT2D eigenvalue weighted by Crippen LogP contribution is -2.48. The van der Waals surface area contributed by atoms with E-state index < -0.39 is 29.4 Å². The second-order valence-corrected chi connectivity index (χ2v) is 14.7. The van der Waals surface area contributed by atoms with Gasteiger partial charge < -0.3 is 19.3 Å². The third kappa shape index (κ3) is 14.0. The smallest absolute Gasteiger partial charge is 0.314 e. The van der Waals surface area contributed by atoms with E-state index in [1.165, 1.54) is 22.9 Å². The van der Waals surface area contributed by atoms with Crippen molar-refractivity contribution in [1.82, 2.24) is 0 Å². The summed E-state index contributed by atoms with van der Waals surface area (Å²) in [6.45, 7) is 5.16. The number of carboxylic acids is 1. The predicted octanol–water partition coefficient (Wildman–Crippen LogP) is 7.62. The van der Waals surface area contributed by atoms with Gasteiger partial charge in [0.2, 0.25) is 0 Å². The molecule has 0 aliphatic heterocycles. The highest BCUT2D eigenvalue weighted by molar-refractivity contribution is 7.99. The molecule has 0 radical (unpaired) electrons. The van der Waals surface area contributed by atoms with Crippen LogP contribution in [0.4, 0.5) is 0 Å². The van der Waals surface area contributed by atoms with Gasteiger partial charge in [0.1, 0.15) is 18.1 Å². The Labute approximate surface area is 291 Å². The lowest BCUT2D eigenvalue weighted by atomic mass is 9.86. The molecular weight excluding hydrogens is 653 g/mol. The number of hydrogen-bond donors (Lipinski definition) is 1. The number of esters is 2. The highest BCUT2D eigenvalue weighted by Gasteiger charge is 2.45. The van der Waals surface area contributed by atoms with E-state index in [9.17, 15) is 19.5 Å². The molecule has 4 unspecified atom stereocenters. The van der Waals surface area contributed by atoms with E-state index in [1.54, 1.807) is 37.4 Å². The molecule has 0 heterocycles. The predicted molar refractivity (Wildman–Crippen MR) is 194 cm³/mol. The minimum atomic E-state index is -1.41. The van der Waals surface area contributed by atoms with Crippen LogP contribution in [0.25, 0.3) is 0 Å². The Hall–Kier alpha value is -2.92. The van der Waals surface area contributed by atoms with E-state index in [0.29, 0.717) is 17.3 Å². The number of thioether (sulfide) groups is 3. The Morgan fingerprint density at radius 3 is 1.60 bits per heavy atom. The summed E-state index contributed by atoms with van der Waals surface area (Å²) < 4.78 is 17.1. The van der Waals surface area contributed by atoms with Crippen LogP contribution < -0.4 is 0 Å². The van der Waals surface area contributed by atoms with Gasteiger partial charge in [-0.05, 0) is 23.6 Å². The zero-order valence-corrected chi connectivity index (χ0v) is 29.8. The van der Waals surface area contributed by atoms with Crippen molar-refractivity contribution < 1.29 is 33.7 Å². The molecule has 0 spiro atoms. The average molecular weight is 699 g/mol. The molecular formula is C37H46O7S3. The summed E-state index contributed by atoms with van der Waals surface area (Å²) in [5, 5.41) is 10.4. The van der Waals surface area contributed by atoms with E-state index in [0.717, 1.165) is 17.1 Å². The van der Waals surface area contributed by atoms with Crippen LogP contribution in [0.2, 0.25) is 0 Å². The molecule has 1 N–H and O–H groups in total. The van der Waals surface area contributed by atoms with Gasteiger partial charge in [-0.1, -0.05) is 105 Å². The first kappa shape index (κ1) is 38.5. The van der Waals surface area contributed by atoms with Crippen LogP contribution in [-0.4, -0.2) is 66.2 Å². The van der Waals surface area contributed by atoms with Gasteiger partial charge in [0.05, 0.1) is 25.0 Å². The number of benzene rings is 3. The second kappa shape index (κ2) is 21.1. The molecule has 0 amide bonds. The van der Waals surface area contributed by atoms with Crippen LogP contribution in [0.1, 0.15) is 37.5 Å². The van der Waals surface area contributed by atoms with Crippen LogP contribution in [0.5, 0.6) is 0 Å². The second-order valence-electron chi connectivity index (χ2n) is 11.7. The summed E-state index contributed by atoms with van der Waals surface area (Å²) in [5.41, 5.74) is 2.04.